The lowest BCUT2D eigenvalue weighted by atomic mass is 9.49. The first kappa shape index (κ1) is 24.4. The molecular formula is C27H44O3Si2. The van der Waals surface area contributed by atoms with Gasteiger partial charge in [0.05, 0.1) is 6.10 Å². The Balaban J connectivity index is 1.76. The van der Waals surface area contributed by atoms with E-state index in [0.717, 1.165) is 38.5 Å². The van der Waals surface area contributed by atoms with E-state index in [1.54, 1.807) is 0 Å². The van der Waals surface area contributed by atoms with Crippen LogP contribution >= 0.6 is 0 Å². The number of carbonyl (C=O) groups is 1. The molecule has 7 unspecified atom stereocenters. The zero-order valence-corrected chi connectivity index (χ0v) is 23.4. The van der Waals surface area contributed by atoms with Gasteiger partial charge >= 0.3 is 0 Å². The first-order chi connectivity index (χ1) is 14.9. The fraction of sp³-hybridized carbons (Fsp3) is 0.815. The second-order valence-corrected chi connectivity index (χ2v) is 21.8. The van der Waals surface area contributed by atoms with E-state index in [9.17, 15) is 4.79 Å². The Hall–Kier alpha value is -0.676. The van der Waals surface area contributed by atoms with Crippen molar-refractivity contribution in [3.63, 3.8) is 0 Å². The molecule has 7 atom stereocenters. The summed E-state index contributed by atoms with van der Waals surface area (Å²) < 4.78 is 14.0. The van der Waals surface area contributed by atoms with Crippen molar-refractivity contribution < 1.29 is 13.6 Å². The number of allylic oxidation sites excluding steroid dienone is 1. The number of hydrogen-bond donors (Lipinski definition) is 0. The Bertz CT molecular complexity index is 829. The van der Waals surface area contributed by atoms with Gasteiger partial charge in [0.1, 0.15) is 5.60 Å². The van der Waals surface area contributed by atoms with Crippen LogP contribution in [0.5, 0.6) is 0 Å². The van der Waals surface area contributed by atoms with Gasteiger partial charge < -0.3 is 8.85 Å². The Labute approximate surface area is 198 Å². The van der Waals surface area contributed by atoms with Crippen LogP contribution in [-0.4, -0.2) is 34.1 Å². The van der Waals surface area contributed by atoms with Crippen molar-refractivity contribution in [2.75, 3.05) is 0 Å². The molecule has 0 N–H and O–H groups in total. The molecule has 3 saturated carbocycles. The number of ketones is 1. The minimum atomic E-state index is -1.91. The topological polar surface area (TPSA) is 35.5 Å². The fourth-order valence-corrected chi connectivity index (χ4v) is 10.6. The fourth-order valence-electron chi connectivity index (χ4n) is 8.15. The molecule has 0 heterocycles. The highest BCUT2D eigenvalue weighted by molar-refractivity contribution is 6.70. The van der Waals surface area contributed by atoms with Gasteiger partial charge in [0.2, 0.25) is 0 Å². The summed E-state index contributed by atoms with van der Waals surface area (Å²) in [6, 6.07) is 0. The van der Waals surface area contributed by atoms with E-state index in [0.29, 0.717) is 29.5 Å². The number of hydrogen-bond acceptors (Lipinski definition) is 3. The van der Waals surface area contributed by atoms with Crippen molar-refractivity contribution in [2.45, 2.75) is 109 Å². The predicted molar refractivity (Wildman–Crippen MR) is 136 cm³/mol. The largest absolute Gasteiger partial charge is 0.411 e. The normalized spacial score (nSPS) is 41.9. The molecule has 0 bridgehead atoms. The molecule has 0 saturated heterocycles. The smallest absolute Gasteiger partial charge is 0.185 e. The molecule has 32 heavy (non-hydrogen) atoms. The lowest BCUT2D eigenvalue weighted by Crippen LogP contribution is -2.61. The maximum Gasteiger partial charge on any atom is 0.185 e. The SMILES string of the molecule is C#CC1(O[Si](C)(C)C)C(O[Si](C)(C)C)CC2C3CCC4=CC(=O)CCC4C3CCC21CC. The molecule has 3 fully saturated rings. The first-order valence-corrected chi connectivity index (χ1v) is 19.8. The molecule has 0 spiro atoms. The van der Waals surface area contributed by atoms with E-state index in [4.69, 9.17) is 15.3 Å². The maximum absolute atomic E-state index is 12.1. The second kappa shape index (κ2) is 8.22. The molecule has 0 aromatic rings. The molecule has 4 aliphatic carbocycles. The molecule has 0 radical (unpaired) electrons. The quantitative estimate of drug-likeness (QED) is 0.335. The Kier molecular flexibility index (Phi) is 6.28. The van der Waals surface area contributed by atoms with Gasteiger partial charge in [-0.15, -0.1) is 6.42 Å². The minimum Gasteiger partial charge on any atom is -0.411 e. The van der Waals surface area contributed by atoms with Crippen molar-refractivity contribution in [1.29, 1.82) is 0 Å². The van der Waals surface area contributed by atoms with Crippen molar-refractivity contribution in [3.05, 3.63) is 11.6 Å². The van der Waals surface area contributed by atoms with Crippen LogP contribution < -0.4 is 0 Å². The van der Waals surface area contributed by atoms with Gasteiger partial charge in [-0.1, -0.05) is 18.4 Å². The Morgan fingerprint density at radius 3 is 2.38 bits per heavy atom. The predicted octanol–water partition coefficient (Wildman–Crippen LogP) is 6.57. The van der Waals surface area contributed by atoms with E-state index in [1.165, 1.54) is 18.4 Å². The zero-order valence-electron chi connectivity index (χ0n) is 21.4. The molecule has 178 valence electrons. The van der Waals surface area contributed by atoms with Crippen LogP contribution in [0, 0.1) is 41.4 Å². The van der Waals surface area contributed by atoms with Crippen LogP contribution in [0.15, 0.2) is 11.6 Å². The monoisotopic (exact) mass is 472 g/mol. The summed E-state index contributed by atoms with van der Waals surface area (Å²) >= 11 is 0. The van der Waals surface area contributed by atoms with Gasteiger partial charge in [-0.2, -0.15) is 0 Å². The summed E-state index contributed by atoms with van der Waals surface area (Å²) in [6.07, 6.45) is 17.0. The number of carbonyl (C=O) groups excluding carboxylic acids is 1. The summed E-state index contributed by atoms with van der Waals surface area (Å²) in [5, 5.41) is 0. The highest BCUT2D eigenvalue weighted by Gasteiger charge is 2.69. The first-order valence-electron chi connectivity index (χ1n) is 12.9. The van der Waals surface area contributed by atoms with Crippen LogP contribution in [0.25, 0.3) is 0 Å². The van der Waals surface area contributed by atoms with Crippen molar-refractivity contribution in [1.82, 2.24) is 0 Å². The van der Waals surface area contributed by atoms with Gasteiger partial charge in [-0.25, -0.2) is 0 Å². The number of fused-ring (bicyclic) bond motifs is 5. The molecule has 4 rings (SSSR count). The second-order valence-electron chi connectivity index (χ2n) is 12.9. The summed E-state index contributed by atoms with van der Waals surface area (Å²) in [5.74, 6) is 6.18. The average Bonchev–Trinajstić information content (AvgIpc) is 2.94. The summed E-state index contributed by atoms with van der Waals surface area (Å²) in [6.45, 7) is 16.0. The number of terminal acetylenes is 1. The van der Waals surface area contributed by atoms with Gasteiger partial charge in [0, 0.05) is 11.8 Å². The summed E-state index contributed by atoms with van der Waals surface area (Å²) in [7, 11) is -3.70. The van der Waals surface area contributed by atoms with Gasteiger partial charge in [-0.05, 0) is 114 Å². The van der Waals surface area contributed by atoms with Gasteiger partial charge in [0.25, 0.3) is 0 Å². The van der Waals surface area contributed by atoms with Crippen LogP contribution in [-0.2, 0) is 13.6 Å². The summed E-state index contributed by atoms with van der Waals surface area (Å²) in [5.41, 5.74) is 0.834. The van der Waals surface area contributed by atoms with Crippen LogP contribution in [0.1, 0.15) is 58.3 Å². The highest BCUT2D eigenvalue weighted by Crippen LogP contribution is 2.68. The molecule has 0 amide bonds. The molecule has 4 aliphatic rings. The van der Waals surface area contributed by atoms with E-state index in [2.05, 4.69) is 52.1 Å². The van der Waals surface area contributed by atoms with Crippen LogP contribution in [0.3, 0.4) is 0 Å². The minimum absolute atomic E-state index is 0.000496. The lowest BCUT2D eigenvalue weighted by Gasteiger charge is -2.57. The van der Waals surface area contributed by atoms with Crippen molar-refractivity contribution in [2.24, 2.45) is 29.1 Å². The van der Waals surface area contributed by atoms with Gasteiger partial charge in [-0.3, -0.25) is 4.79 Å². The molecule has 0 aliphatic heterocycles. The van der Waals surface area contributed by atoms with Crippen LogP contribution in [0.2, 0.25) is 39.3 Å². The Morgan fingerprint density at radius 2 is 1.78 bits per heavy atom. The molecule has 0 aromatic carbocycles. The zero-order chi connectivity index (χ0) is 23.5. The third-order valence-corrected chi connectivity index (χ3v) is 10.9. The number of rotatable bonds is 5. The standard InChI is InChI=1S/C27H44O3Si2/c1-9-26-16-15-22-21-14-12-20(28)17-19(21)11-13-23(22)24(26)18-25(29-31(3,4)5)27(26,10-2)30-32(6,7)8/h2,17,21-25H,9,11-16,18H2,1,3-8H3. The van der Waals surface area contributed by atoms with Gasteiger partial charge in [0.15, 0.2) is 22.4 Å². The Morgan fingerprint density at radius 1 is 1.06 bits per heavy atom. The third-order valence-electron chi connectivity index (χ3n) is 8.98. The lowest BCUT2D eigenvalue weighted by molar-refractivity contribution is -0.118. The maximum atomic E-state index is 12.1. The highest BCUT2D eigenvalue weighted by atomic mass is 28.4. The van der Waals surface area contributed by atoms with E-state index < -0.39 is 22.2 Å². The molecule has 5 heteroatoms. The summed E-state index contributed by atoms with van der Waals surface area (Å²) in [4.78, 5) is 12.1. The molecule has 0 aromatic heterocycles. The van der Waals surface area contributed by atoms with E-state index in [1.807, 2.05) is 6.08 Å². The van der Waals surface area contributed by atoms with E-state index >= 15 is 0 Å². The van der Waals surface area contributed by atoms with E-state index in [-0.39, 0.29) is 11.5 Å². The molecular weight excluding hydrogens is 428 g/mol. The molecule has 3 nitrogen and oxygen atoms in total. The average molecular weight is 473 g/mol. The third kappa shape index (κ3) is 3.93. The van der Waals surface area contributed by atoms with Crippen molar-refractivity contribution >= 4 is 22.4 Å². The van der Waals surface area contributed by atoms with Crippen molar-refractivity contribution in [3.8, 4) is 12.3 Å². The van der Waals surface area contributed by atoms with Crippen LogP contribution in [0.4, 0.5) is 0 Å².